The third-order valence-electron chi connectivity index (χ3n) is 2.64. The second kappa shape index (κ2) is 9.46. The molecule has 0 rings (SSSR count). The number of nitrogens with one attached hydrogen (secondary N) is 1. The van der Waals surface area contributed by atoms with Gasteiger partial charge < -0.3 is 5.73 Å². The lowest BCUT2D eigenvalue weighted by Crippen LogP contribution is -2.12. The van der Waals surface area contributed by atoms with E-state index in [4.69, 9.17) is 11.1 Å². The average Bonchev–Trinajstić information content (AvgIpc) is 2.35. The van der Waals surface area contributed by atoms with E-state index in [9.17, 15) is 0 Å². The minimum absolute atomic E-state index is 0.529. The minimum Gasteiger partial charge on any atom is -0.402 e. The van der Waals surface area contributed by atoms with Gasteiger partial charge in [0.1, 0.15) is 0 Å². The van der Waals surface area contributed by atoms with Crippen LogP contribution in [0.15, 0.2) is 47.7 Å². The summed E-state index contributed by atoms with van der Waals surface area (Å²) in [6.07, 6.45) is 11.2. The Morgan fingerprint density at radius 2 is 1.83 bits per heavy atom. The van der Waals surface area contributed by atoms with Crippen molar-refractivity contribution < 1.29 is 0 Å². The van der Waals surface area contributed by atoms with Gasteiger partial charge in [0, 0.05) is 5.70 Å². The molecule has 0 unspecified atom stereocenters. The largest absolute Gasteiger partial charge is 0.402 e. The molecular weight excluding hydrogens is 220 g/mol. The molecule has 2 heteroatoms. The zero-order valence-electron chi connectivity index (χ0n) is 11.9. The van der Waals surface area contributed by atoms with Gasteiger partial charge in [-0.25, -0.2) is 0 Å². The van der Waals surface area contributed by atoms with Crippen LogP contribution in [-0.2, 0) is 0 Å². The van der Waals surface area contributed by atoms with Gasteiger partial charge >= 0.3 is 0 Å². The molecule has 18 heavy (non-hydrogen) atoms. The van der Waals surface area contributed by atoms with Crippen molar-refractivity contribution in [2.45, 2.75) is 46.5 Å². The quantitative estimate of drug-likeness (QED) is 0.480. The first kappa shape index (κ1) is 16.4. The SMILES string of the molecule is C=C/C=C(\C=C/C)C(=N)/C(CCC)=C(\N)CCC. The topological polar surface area (TPSA) is 49.9 Å². The molecule has 100 valence electrons. The Bertz CT molecular complexity index is 371. The fraction of sp³-hybridized carbons (Fsp3) is 0.438. The van der Waals surface area contributed by atoms with E-state index in [0.717, 1.165) is 42.5 Å². The molecule has 0 aromatic heterocycles. The van der Waals surface area contributed by atoms with Crippen molar-refractivity contribution in [1.29, 1.82) is 5.41 Å². The van der Waals surface area contributed by atoms with Crippen molar-refractivity contribution in [1.82, 2.24) is 0 Å². The van der Waals surface area contributed by atoms with E-state index < -0.39 is 0 Å². The summed E-state index contributed by atoms with van der Waals surface area (Å²) < 4.78 is 0. The van der Waals surface area contributed by atoms with Crippen LogP contribution < -0.4 is 5.73 Å². The van der Waals surface area contributed by atoms with Crippen LogP contribution >= 0.6 is 0 Å². The van der Waals surface area contributed by atoms with Crippen LogP contribution in [0.2, 0.25) is 0 Å². The summed E-state index contributed by atoms with van der Waals surface area (Å²) >= 11 is 0. The molecule has 0 bridgehead atoms. The van der Waals surface area contributed by atoms with Crippen LogP contribution in [0.1, 0.15) is 46.5 Å². The predicted octanol–water partition coefficient (Wildman–Crippen LogP) is 4.51. The molecule has 0 amide bonds. The molecule has 0 radical (unpaired) electrons. The molecule has 0 heterocycles. The third-order valence-corrected chi connectivity index (χ3v) is 2.64. The maximum atomic E-state index is 8.32. The summed E-state index contributed by atoms with van der Waals surface area (Å²) in [6, 6.07) is 0. The summed E-state index contributed by atoms with van der Waals surface area (Å²) in [7, 11) is 0. The van der Waals surface area contributed by atoms with Crippen molar-refractivity contribution in [3.63, 3.8) is 0 Å². The lowest BCUT2D eigenvalue weighted by molar-refractivity contribution is 0.848. The summed E-state index contributed by atoms with van der Waals surface area (Å²) in [6.45, 7) is 9.86. The molecule has 0 saturated carbocycles. The molecule has 0 atom stereocenters. The Morgan fingerprint density at radius 3 is 2.28 bits per heavy atom. The molecule has 0 aliphatic heterocycles. The Hall–Kier alpha value is -1.57. The predicted molar refractivity (Wildman–Crippen MR) is 81.9 cm³/mol. The van der Waals surface area contributed by atoms with Gasteiger partial charge in [0.25, 0.3) is 0 Å². The lowest BCUT2D eigenvalue weighted by atomic mass is 9.95. The van der Waals surface area contributed by atoms with E-state index in [1.807, 2.05) is 25.2 Å². The molecule has 2 nitrogen and oxygen atoms in total. The van der Waals surface area contributed by atoms with Crippen LogP contribution in [0.4, 0.5) is 0 Å². The number of nitrogens with two attached hydrogens (primary N) is 1. The maximum Gasteiger partial charge on any atom is 0.0661 e. The van der Waals surface area contributed by atoms with Gasteiger partial charge in [-0.1, -0.05) is 57.6 Å². The number of hydrogen-bond acceptors (Lipinski definition) is 2. The molecular formula is C16H26N2. The van der Waals surface area contributed by atoms with Crippen LogP contribution in [0.5, 0.6) is 0 Å². The van der Waals surface area contributed by atoms with Crippen LogP contribution in [0, 0.1) is 5.41 Å². The Morgan fingerprint density at radius 1 is 1.22 bits per heavy atom. The third kappa shape index (κ3) is 5.17. The number of allylic oxidation sites excluding steroid dienone is 7. The first-order chi connectivity index (χ1) is 8.62. The second-order valence-corrected chi connectivity index (χ2v) is 4.24. The Kier molecular flexibility index (Phi) is 8.63. The first-order valence-corrected chi connectivity index (χ1v) is 6.64. The van der Waals surface area contributed by atoms with Gasteiger partial charge in [0.05, 0.1) is 5.71 Å². The van der Waals surface area contributed by atoms with Crippen molar-refractivity contribution in [3.8, 4) is 0 Å². The molecule has 0 saturated heterocycles. The Balaban J connectivity index is 5.36. The zero-order valence-corrected chi connectivity index (χ0v) is 11.9. The fourth-order valence-corrected chi connectivity index (χ4v) is 1.82. The van der Waals surface area contributed by atoms with Gasteiger partial charge in [0.2, 0.25) is 0 Å². The molecule has 0 aliphatic carbocycles. The summed E-state index contributed by atoms with van der Waals surface area (Å²) in [5.74, 6) is 0. The van der Waals surface area contributed by atoms with Gasteiger partial charge in [-0.05, 0) is 30.9 Å². The highest BCUT2D eigenvalue weighted by atomic mass is 14.6. The smallest absolute Gasteiger partial charge is 0.0661 e. The van der Waals surface area contributed by atoms with Crippen LogP contribution in [-0.4, -0.2) is 5.71 Å². The Labute approximate surface area is 111 Å². The normalized spacial score (nSPS) is 13.6. The van der Waals surface area contributed by atoms with E-state index >= 15 is 0 Å². The lowest BCUT2D eigenvalue weighted by Gasteiger charge is -2.13. The zero-order chi connectivity index (χ0) is 14.0. The number of hydrogen-bond donors (Lipinski definition) is 2. The fourth-order valence-electron chi connectivity index (χ4n) is 1.82. The van der Waals surface area contributed by atoms with E-state index in [1.165, 1.54) is 0 Å². The second-order valence-electron chi connectivity index (χ2n) is 4.24. The van der Waals surface area contributed by atoms with E-state index in [1.54, 1.807) is 6.08 Å². The van der Waals surface area contributed by atoms with Gasteiger partial charge in [-0.3, -0.25) is 5.41 Å². The summed E-state index contributed by atoms with van der Waals surface area (Å²) in [4.78, 5) is 0. The molecule has 3 N–H and O–H groups in total. The maximum absolute atomic E-state index is 8.32. The number of rotatable bonds is 8. The average molecular weight is 246 g/mol. The van der Waals surface area contributed by atoms with Crippen LogP contribution in [0.3, 0.4) is 0 Å². The molecule has 0 aromatic rings. The first-order valence-electron chi connectivity index (χ1n) is 6.64. The highest BCUT2D eigenvalue weighted by Gasteiger charge is 2.11. The summed E-state index contributed by atoms with van der Waals surface area (Å²) in [5.41, 5.74) is 9.33. The minimum atomic E-state index is 0.529. The van der Waals surface area contributed by atoms with Gasteiger partial charge in [-0.2, -0.15) is 0 Å². The highest BCUT2D eigenvalue weighted by molar-refractivity contribution is 6.12. The molecule has 0 aromatic carbocycles. The van der Waals surface area contributed by atoms with Crippen molar-refractivity contribution in [3.05, 3.63) is 47.7 Å². The highest BCUT2D eigenvalue weighted by Crippen LogP contribution is 2.18. The monoisotopic (exact) mass is 246 g/mol. The van der Waals surface area contributed by atoms with E-state index in [2.05, 4.69) is 20.4 Å². The standard InChI is InChI=1S/C16H26N2/c1-5-9-13(10-6-2)16(18)14(11-7-3)15(17)12-8-4/h5-6,9-10,18H,1,7-8,11-12,17H2,2-4H3/b10-6-,13-9+,15-14-,18-16?. The summed E-state index contributed by atoms with van der Waals surface area (Å²) in [5, 5.41) is 8.32. The molecule has 0 spiro atoms. The van der Waals surface area contributed by atoms with Crippen LogP contribution in [0.25, 0.3) is 0 Å². The van der Waals surface area contributed by atoms with Crippen molar-refractivity contribution in [2.75, 3.05) is 0 Å². The van der Waals surface area contributed by atoms with E-state index in [0.29, 0.717) is 5.71 Å². The van der Waals surface area contributed by atoms with Gasteiger partial charge in [-0.15, -0.1) is 0 Å². The van der Waals surface area contributed by atoms with Crippen molar-refractivity contribution >= 4 is 5.71 Å². The van der Waals surface area contributed by atoms with Crippen molar-refractivity contribution in [2.24, 2.45) is 5.73 Å². The molecule has 0 fully saturated rings. The molecule has 0 aliphatic rings. The van der Waals surface area contributed by atoms with Gasteiger partial charge in [0.15, 0.2) is 0 Å². The van der Waals surface area contributed by atoms with E-state index in [-0.39, 0.29) is 0 Å².